The van der Waals surface area contributed by atoms with Gasteiger partial charge in [-0.3, -0.25) is 24.5 Å². The van der Waals surface area contributed by atoms with Crippen molar-refractivity contribution in [2.45, 2.75) is 25.8 Å². The van der Waals surface area contributed by atoms with Crippen LogP contribution in [0.25, 0.3) is 5.52 Å². The third-order valence-corrected chi connectivity index (χ3v) is 6.32. The second-order valence-corrected chi connectivity index (χ2v) is 8.49. The van der Waals surface area contributed by atoms with E-state index in [2.05, 4.69) is 33.2 Å². The molecule has 0 N–H and O–H groups in total. The lowest BCUT2D eigenvalue weighted by molar-refractivity contribution is -0.127. The first kappa shape index (κ1) is 19.7. The normalized spacial score (nSPS) is 20.2. The summed E-state index contributed by atoms with van der Waals surface area (Å²) in [4.78, 5) is 34.0. The van der Waals surface area contributed by atoms with Gasteiger partial charge in [-0.2, -0.15) is 5.10 Å². The molecule has 0 spiro atoms. The summed E-state index contributed by atoms with van der Waals surface area (Å²) < 4.78 is 1.80. The number of rotatable bonds is 5. The van der Waals surface area contributed by atoms with Crippen LogP contribution in [-0.4, -0.2) is 63.0 Å². The number of imide groups is 1. The monoisotopic (exact) mass is 418 g/mol. The van der Waals surface area contributed by atoms with Crippen molar-refractivity contribution in [2.75, 3.05) is 31.6 Å². The van der Waals surface area contributed by atoms with E-state index in [1.165, 1.54) is 29.5 Å². The minimum absolute atomic E-state index is 0.143. The lowest BCUT2D eigenvalue weighted by Crippen LogP contribution is -2.50. The number of nitrogens with zero attached hydrogens (tertiary/aromatic N) is 6. The van der Waals surface area contributed by atoms with Crippen LogP contribution in [0.4, 0.5) is 10.5 Å². The minimum Gasteiger partial charge on any atom is -0.299 e. The van der Waals surface area contributed by atoms with Gasteiger partial charge in [-0.05, 0) is 54.6 Å². The van der Waals surface area contributed by atoms with Gasteiger partial charge in [-0.15, -0.1) is 0 Å². The number of hydrogen-bond acceptors (Lipinski definition) is 5. The van der Waals surface area contributed by atoms with Crippen molar-refractivity contribution in [3.05, 3.63) is 60.2 Å². The maximum absolute atomic E-state index is 12.6. The second-order valence-electron chi connectivity index (χ2n) is 8.49. The van der Waals surface area contributed by atoms with Gasteiger partial charge in [-0.25, -0.2) is 9.31 Å². The van der Waals surface area contributed by atoms with Crippen molar-refractivity contribution in [3.8, 4) is 0 Å². The maximum Gasteiger partial charge on any atom is 0.331 e. The number of aromatic nitrogens is 3. The Labute approximate surface area is 181 Å². The SMILES string of the molecule is CN1C(=O)CCN(c2cnn3ccc(CC4CCN(Cc5cccnc5)C4)cc23)C1=O. The van der Waals surface area contributed by atoms with Gasteiger partial charge in [0, 0.05) is 51.7 Å². The molecular formula is C23H26N6O2. The Morgan fingerprint density at radius 2 is 2.03 bits per heavy atom. The van der Waals surface area contributed by atoms with Crippen LogP contribution in [0.2, 0.25) is 0 Å². The van der Waals surface area contributed by atoms with Gasteiger partial charge < -0.3 is 0 Å². The molecule has 2 saturated heterocycles. The Bertz CT molecular complexity index is 1110. The Balaban J connectivity index is 1.30. The number of urea groups is 1. The summed E-state index contributed by atoms with van der Waals surface area (Å²) in [5, 5.41) is 4.41. The predicted molar refractivity (Wildman–Crippen MR) is 117 cm³/mol. The van der Waals surface area contributed by atoms with Crippen molar-refractivity contribution in [3.63, 3.8) is 0 Å². The molecule has 0 bridgehead atoms. The van der Waals surface area contributed by atoms with Crippen molar-refractivity contribution in [1.29, 1.82) is 0 Å². The van der Waals surface area contributed by atoms with Crippen LogP contribution in [0, 0.1) is 5.92 Å². The van der Waals surface area contributed by atoms with E-state index in [4.69, 9.17) is 0 Å². The summed E-state index contributed by atoms with van der Waals surface area (Å²) in [5.74, 6) is 0.460. The molecule has 2 aliphatic rings. The molecule has 0 aromatic carbocycles. The van der Waals surface area contributed by atoms with Crippen LogP contribution in [0.1, 0.15) is 24.0 Å². The Morgan fingerprint density at radius 3 is 2.87 bits per heavy atom. The lowest BCUT2D eigenvalue weighted by Gasteiger charge is -2.31. The number of anilines is 1. The fourth-order valence-electron chi connectivity index (χ4n) is 4.63. The van der Waals surface area contributed by atoms with E-state index in [0.717, 1.165) is 37.3 Å². The molecular weight excluding hydrogens is 392 g/mol. The van der Waals surface area contributed by atoms with E-state index >= 15 is 0 Å². The highest BCUT2D eigenvalue weighted by molar-refractivity contribution is 6.07. The van der Waals surface area contributed by atoms with E-state index < -0.39 is 0 Å². The fraction of sp³-hybridized carbons (Fsp3) is 0.391. The largest absolute Gasteiger partial charge is 0.331 e. The van der Waals surface area contributed by atoms with E-state index in [9.17, 15) is 9.59 Å². The summed E-state index contributed by atoms with van der Waals surface area (Å²) in [7, 11) is 1.53. The number of carbonyl (C=O) groups is 2. The van der Waals surface area contributed by atoms with Crippen LogP contribution in [-0.2, 0) is 17.8 Å². The molecule has 1 atom stereocenters. The smallest absolute Gasteiger partial charge is 0.299 e. The van der Waals surface area contributed by atoms with Gasteiger partial charge in [0.2, 0.25) is 5.91 Å². The average Bonchev–Trinajstić information content (AvgIpc) is 3.40. The van der Waals surface area contributed by atoms with Gasteiger partial charge in [0.25, 0.3) is 0 Å². The zero-order valence-corrected chi connectivity index (χ0v) is 17.6. The molecule has 5 heterocycles. The summed E-state index contributed by atoms with van der Waals surface area (Å²) in [6.45, 7) is 3.51. The summed E-state index contributed by atoms with van der Waals surface area (Å²) >= 11 is 0. The first-order valence-electron chi connectivity index (χ1n) is 10.7. The van der Waals surface area contributed by atoms with Crippen molar-refractivity contribution < 1.29 is 9.59 Å². The molecule has 3 aromatic rings. The van der Waals surface area contributed by atoms with Crippen LogP contribution in [0.15, 0.2) is 49.1 Å². The molecule has 2 fully saturated rings. The highest BCUT2D eigenvalue weighted by atomic mass is 16.2. The van der Waals surface area contributed by atoms with Crippen LogP contribution >= 0.6 is 0 Å². The Kier molecular flexibility index (Phi) is 5.15. The average molecular weight is 419 g/mol. The predicted octanol–water partition coefficient (Wildman–Crippen LogP) is 2.58. The van der Waals surface area contributed by atoms with Crippen molar-refractivity contribution in [1.82, 2.24) is 24.4 Å². The van der Waals surface area contributed by atoms with E-state index in [0.29, 0.717) is 18.9 Å². The van der Waals surface area contributed by atoms with Crippen LogP contribution in [0.3, 0.4) is 0 Å². The highest BCUT2D eigenvalue weighted by Gasteiger charge is 2.31. The lowest BCUT2D eigenvalue weighted by atomic mass is 9.99. The molecule has 0 radical (unpaired) electrons. The van der Waals surface area contributed by atoms with Gasteiger partial charge in [-0.1, -0.05) is 6.07 Å². The molecule has 1 unspecified atom stereocenters. The van der Waals surface area contributed by atoms with Gasteiger partial charge in [0.15, 0.2) is 0 Å². The number of likely N-dealkylation sites (tertiary alicyclic amines) is 1. The first-order valence-corrected chi connectivity index (χ1v) is 10.7. The number of carbonyl (C=O) groups excluding carboxylic acids is 2. The topological polar surface area (TPSA) is 74.1 Å². The second kappa shape index (κ2) is 8.11. The molecule has 160 valence electrons. The molecule has 0 saturated carbocycles. The number of pyridine rings is 2. The molecule has 3 aromatic heterocycles. The third kappa shape index (κ3) is 3.90. The quantitative estimate of drug-likeness (QED) is 0.637. The van der Waals surface area contributed by atoms with Crippen LogP contribution < -0.4 is 4.90 Å². The molecule has 2 aliphatic heterocycles. The van der Waals surface area contributed by atoms with Gasteiger partial charge in [0.1, 0.15) is 0 Å². The van der Waals surface area contributed by atoms with E-state index in [1.807, 2.05) is 24.7 Å². The van der Waals surface area contributed by atoms with Crippen LogP contribution in [0.5, 0.6) is 0 Å². The van der Waals surface area contributed by atoms with E-state index in [1.54, 1.807) is 15.6 Å². The zero-order chi connectivity index (χ0) is 21.4. The summed E-state index contributed by atoms with van der Waals surface area (Å²) in [6, 6.07) is 8.07. The van der Waals surface area contributed by atoms with Gasteiger partial charge >= 0.3 is 6.03 Å². The van der Waals surface area contributed by atoms with Crippen molar-refractivity contribution in [2.24, 2.45) is 5.92 Å². The Morgan fingerprint density at radius 1 is 1.13 bits per heavy atom. The molecule has 8 nitrogen and oxygen atoms in total. The first-order chi connectivity index (χ1) is 15.1. The fourth-order valence-corrected chi connectivity index (χ4v) is 4.63. The summed E-state index contributed by atoms with van der Waals surface area (Å²) in [6.07, 6.45) is 9.92. The van der Waals surface area contributed by atoms with E-state index in [-0.39, 0.29) is 11.9 Å². The molecule has 31 heavy (non-hydrogen) atoms. The highest BCUT2D eigenvalue weighted by Crippen LogP contribution is 2.28. The zero-order valence-electron chi connectivity index (χ0n) is 17.6. The molecule has 0 aliphatic carbocycles. The maximum atomic E-state index is 12.6. The molecule has 5 rings (SSSR count). The number of fused-ring (bicyclic) bond motifs is 1. The standard InChI is InChI=1S/C23H26N6O2/c1-26-22(30)6-9-28(23(26)31)21-14-25-29-10-5-17(12-20(21)29)11-18-4-8-27(15-18)16-19-3-2-7-24-13-19/h2-3,5,7,10,12-14,18H,4,6,8-9,11,15-16H2,1H3. The molecule has 3 amide bonds. The minimum atomic E-state index is -0.293. The van der Waals surface area contributed by atoms with Gasteiger partial charge in [0.05, 0.1) is 17.4 Å². The summed E-state index contributed by atoms with van der Waals surface area (Å²) in [5.41, 5.74) is 4.16. The number of amides is 3. The Hall–Kier alpha value is -3.26. The molecule has 8 heteroatoms. The number of hydrogen-bond donors (Lipinski definition) is 0. The third-order valence-electron chi connectivity index (χ3n) is 6.32. The van der Waals surface area contributed by atoms with Crippen molar-refractivity contribution >= 4 is 23.1 Å².